The molecule has 0 saturated carbocycles. The maximum atomic E-state index is 13.3. The van der Waals surface area contributed by atoms with Gasteiger partial charge >= 0.3 is 0 Å². The van der Waals surface area contributed by atoms with Gasteiger partial charge in [-0.1, -0.05) is 18.2 Å². The van der Waals surface area contributed by atoms with Gasteiger partial charge in [-0.05, 0) is 42.0 Å². The number of piperazine rings is 1. The number of piperidine rings is 1. The van der Waals surface area contributed by atoms with Crippen LogP contribution in [0.15, 0.2) is 60.8 Å². The van der Waals surface area contributed by atoms with Gasteiger partial charge in [-0.3, -0.25) is 9.69 Å². The summed E-state index contributed by atoms with van der Waals surface area (Å²) in [6, 6.07) is 17.9. The number of anilines is 1. The van der Waals surface area contributed by atoms with Crippen molar-refractivity contribution in [1.82, 2.24) is 14.8 Å². The van der Waals surface area contributed by atoms with Gasteiger partial charge in [0.2, 0.25) is 5.75 Å². The number of hydrogen-bond acceptors (Lipinski definition) is 8. The molecule has 0 unspecified atom stereocenters. The molecule has 3 heterocycles. The van der Waals surface area contributed by atoms with Crippen LogP contribution in [-0.2, 0) is 6.54 Å². The molecule has 0 bridgehead atoms. The molecule has 0 radical (unpaired) electrons. The zero-order chi connectivity index (χ0) is 27.9. The molecule has 9 nitrogen and oxygen atoms in total. The third-order valence-electron chi connectivity index (χ3n) is 7.62. The third-order valence-corrected chi connectivity index (χ3v) is 7.62. The Morgan fingerprint density at radius 1 is 0.850 bits per heavy atom. The number of hydrogen-bond donors (Lipinski definition) is 0. The first kappa shape index (κ1) is 27.6. The zero-order valence-electron chi connectivity index (χ0n) is 23.5. The fourth-order valence-electron chi connectivity index (χ4n) is 5.46. The quantitative estimate of drug-likeness (QED) is 0.397. The average Bonchev–Trinajstić information content (AvgIpc) is 3.01. The van der Waals surface area contributed by atoms with Crippen LogP contribution in [0.5, 0.6) is 23.0 Å². The van der Waals surface area contributed by atoms with Crippen molar-refractivity contribution in [3.05, 3.63) is 71.9 Å². The molecule has 0 atom stereocenters. The maximum Gasteiger partial charge on any atom is 0.257 e. The highest BCUT2D eigenvalue weighted by atomic mass is 16.5. The number of carbonyl (C=O) groups excluding carboxylic acids is 1. The minimum atomic E-state index is -0.0820. The normalized spacial score (nSPS) is 16.5. The summed E-state index contributed by atoms with van der Waals surface area (Å²) >= 11 is 0. The molecule has 2 aliphatic heterocycles. The number of likely N-dealkylation sites (tertiary alicyclic amines) is 1. The number of methoxy groups -OCH3 is 3. The Balaban J connectivity index is 1.13. The molecule has 1 amide bonds. The van der Waals surface area contributed by atoms with Gasteiger partial charge in [0.15, 0.2) is 11.5 Å². The first-order valence-electron chi connectivity index (χ1n) is 13.8. The van der Waals surface area contributed by atoms with Crippen LogP contribution >= 0.6 is 0 Å². The third kappa shape index (κ3) is 6.25. The van der Waals surface area contributed by atoms with Gasteiger partial charge < -0.3 is 28.7 Å². The van der Waals surface area contributed by atoms with Crippen LogP contribution in [0.25, 0.3) is 0 Å². The van der Waals surface area contributed by atoms with E-state index >= 15 is 0 Å². The van der Waals surface area contributed by atoms with E-state index in [-0.39, 0.29) is 12.0 Å². The predicted molar refractivity (Wildman–Crippen MR) is 154 cm³/mol. The fourth-order valence-corrected chi connectivity index (χ4v) is 5.46. The summed E-state index contributed by atoms with van der Waals surface area (Å²) in [5, 5.41) is 0. The molecular weight excluding hydrogens is 508 g/mol. The second-order valence-electron chi connectivity index (χ2n) is 10.1. The van der Waals surface area contributed by atoms with Crippen molar-refractivity contribution < 1.29 is 23.7 Å². The fraction of sp³-hybridized carbons (Fsp3) is 0.419. The van der Waals surface area contributed by atoms with Crippen LogP contribution < -0.4 is 23.8 Å². The summed E-state index contributed by atoms with van der Waals surface area (Å²) in [6.07, 6.45) is 3.44. The number of aromatic nitrogens is 1. The monoisotopic (exact) mass is 546 g/mol. The summed E-state index contributed by atoms with van der Waals surface area (Å²) in [6.45, 7) is 6.06. The van der Waals surface area contributed by atoms with Crippen molar-refractivity contribution in [1.29, 1.82) is 0 Å². The smallest absolute Gasteiger partial charge is 0.257 e. The lowest BCUT2D eigenvalue weighted by Gasteiger charge is -2.35. The van der Waals surface area contributed by atoms with Crippen LogP contribution in [-0.4, -0.2) is 87.4 Å². The summed E-state index contributed by atoms with van der Waals surface area (Å²) < 4.78 is 22.7. The molecule has 9 heteroatoms. The van der Waals surface area contributed by atoms with E-state index in [0.29, 0.717) is 35.9 Å². The van der Waals surface area contributed by atoms with E-state index < -0.39 is 0 Å². The Morgan fingerprint density at radius 3 is 2.30 bits per heavy atom. The highest BCUT2D eigenvalue weighted by Gasteiger charge is 2.29. The van der Waals surface area contributed by atoms with Crippen molar-refractivity contribution in [3.8, 4) is 23.0 Å². The summed E-state index contributed by atoms with van der Waals surface area (Å²) in [4.78, 5) is 24.5. The number of amides is 1. The molecule has 1 aromatic heterocycles. The van der Waals surface area contributed by atoms with Gasteiger partial charge in [-0.25, -0.2) is 4.98 Å². The number of carbonyl (C=O) groups is 1. The van der Waals surface area contributed by atoms with Crippen LogP contribution in [0.2, 0.25) is 0 Å². The van der Waals surface area contributed by atoms with Crippen LogP contribution in [0, 0.1) is 0 Å². The van der Waals surface area contributed by atoms with Gasteiger partial charge in [-0.15, -0.1) is 0 Å². The van der Waals surface area contributed by atoms with E-state index in [1.807, 2.05) is 29.3 Å². The maximum absolute atomic E-state index is 13.3. The Kier molecular flexibility index (Phi) is 8.91. The van der Waals surface area contributed by atoms with Gasteiger partial charge in [0.05, 0.1) is 26.9 Å². The number of pyridine rings is 1. The molecule has 2 saturated heterocycles. The topological polar surface area (TPSA) is 76.6 Å². The van der Waals surface area contributed by atoms with Crippen molar-refractivity contribution >= 4 is 11.7 Å². The van der Waals surface area contributed by atoms with E-state index in [4.69, 9.17) is 18.9 Å². The average molecular weight is 547 g/mol. The highest BCUT2D eigenvalue weighted by Crippen LogP contribution is 2.40. The van der Waals surface area contributed by atoms with Crippen LogP contribution in [0.3, 0.4) is 0 Å². The molecule has 2 aliphatic rings. The first-order valence-corrected chi connectivity index (χ1v) is 13.8. The molecule has 3 aromatic rings. The van der Waals surface area contributed by atoms with Gasteiger partial charge in [0.1, 0.15) is 17.7 Å². The number of nitrogens with zero attached hydrogens (tertiary/aromatic N) is 4. The summed E-state index contributed by atoms with van der Waals surface area (Å²) in [5.74, 6) is 3.19. The predicted octanol–water partition coefficient (Wildman–Crippen LogP) is 4.11. The summed E-state index contributed by atoms with van der Waals surface area (Å²) in [5.41, 5.74) is 1.71. The second-order valence-corrected chi connectivity index (χ2v) is 10.1. The van der Waals surface area contributed by atoms with Crippen LogP contribution in [0.4, 0.5) is 5.82 Å². The van der Waals surface area contributed by atoms with Gasteiger partial charge in [0.25, 0.3) is 5.91 Å². The van der Waals surface area contributed by atoms with Crippen LogP contribution in [0.1, 0.15) is 28.8 Å². The molecule has 212 valence electrons. The Labute approximate surface area is 236 Å². The van der Waals surface area contributed by atoms with Crippen molar-refractivity contribution in [2.24, 2.45) is 0 Å². The van der Waals surface area contributed by atoms with Gasteiger partial charge in [-0.2, -0.15) is 0 Å². The van der Waals surface area contributed by atoms with E-state index in [1.54, 1.807) is 19.2 Å². The van der Waals surface area contributed by atoms with E-state index in [2.05, 4.69) is 39.0 Å². The lowest BCUT2D eigenvalue weighted by Crippen LogP contribution is -2.46. The Bertz CT molecular complexity index is 1270. The highest BCUT2D eigenvalue weighted by molar-refractivity contribution is 5.98. The van der Waals surface area contributed by atoms with Gasteiger partial charge in [0, 0.05) is 64.9 Å². The number of ether oxygens (including phenoxy) is 4. The molecule has 2 fully saturated rings. The Hall–Kier alpha value is -3.98. The molecule has 0 spiro atoms. The molecule has 5 rings (SSSR count). The minimum absolute atomic E-state index is 0.0634. The number of benzene rings is 2. The van der Waals surface area contributed by atoms with Crippen molar-refractivity contribution in [2.45, 2.75) is 25.5 Å². The largest absolute Gasteiger partial charge is 0.493 e. The standard InChI is InChI=1S/C31H38N4O5/c1-37-27-11-10-26(29(38-2)30(27)39-3)31(36)35-15-12-24(13-16-35)40-25-8-6-7-23(21-25)22-33-17-19-34(20-18-33)28-9-4-5-14-32-28/h4-11,14,21,24H,12-13,15-20,22H2,1-3H3. The van der Waals surface area contributed by atoms with E-state index in [1.165, 1.54) is 19.8 Å². The molecular formula is C31H38N4O5. The van der Waals surface area contributed by atoms with E-state index in [0.717, 1.165) is 57.1 Å². The molecule has 2 aromatic carbocycles. The zero-order valence-corrected chi connectivity index (χ0v) is 23.5. The van der Waals surface area contributed by atoms with E-state index in [9.17, 15) is 4.79 Å². The van der Waals surface area contributed by atoms with Crippen molar-refractivity contribution in [3.63, 3.8) is 0 Å². The van der Waals surface area contributed by atoms with Crippen molar-refractivity contribution in [2.75, 3.05) is 65.5 Å². The molecule has 40 heavy (non-hydrogen) atoms. The lowest BCUT2D eigenvalue weighted by molar-refractivity contribution is 0.0592. The Morgan fingerprint density at radius 2 is 1.62 bits per heavy atom. The lowest BCUT2D eigenvalue weighted by atomic mass is 10.0. The number of rotatable bonds is 9. The summed E-state index contributed by atoms with van der Waals surface area (Å²) in [7, 11) is 4.63. The second kappa shape index (κ2) is 12.9. The molecule has 0 N–H and O–H groups in total. The minimum Gasteiger partial charge on any atom is -0.493 e. The molecule has 0 aliphatic carbocycles. The first-order chi connectivity index (χ1) is 19.6. The SMILES string of the molecule is COc1ccc(C(=O)N2CCC(Oc3cccc(CN4CCN(c5ccccn5)CC4)c3)CC2)c(OC)c1OC.